The Morgan fingerprint density at radius 2 is 2.09 bits per heavy atom. The van der Waals surface area contributed by atoms with Crippen LogP contribution in [0.25, 0.3) is 0 Å². The summed E-state index contributed by atoms with van der Waals surface area (Å²) in [6.45, 7) is 0. The molecular weight excluding hydrogens is 139 g/mol. The minimum atomic E-state index is -0.522. The molecule has 2 radical (unpaired) electrons. The summed E-state index contributed by atoms with van der Waals surface area (Å²) in [6, 6.07) is 7.29. The first-order valence-electron chi connectivity index (χ1n) is 3.33. The number of carbonyl (C=O) groups excluding carboxylic acids is 1. The molecule has 0 amide bonds. The maximum absolute atomic E-state index is 11.1. The largest absolute Gasteiger partial charge is 0.435 e. The van der Waals surface area contributed by atoms with E-state index in [9.17, 15) is 4.79 Å². The Bertz CT molecular complexity index is 309. The monoisotopic (exact) mass is 144 g/mol. The predicted molar refractivity (Wildman–Crippen MR) is 40.4 cm³/mol. The molecule has 0 fully saturated rings. The second-order valence-corrected chi connectivity index (χ2v) is 2.47. The lowest BCUT2D eigenvalue weighted by Gasteiger charge is -2.26. The molecule has 1 aromatic rings. The number of ketones is 1. The van der Waals surface area contributed by atoms with Gasteiger partial charge in [-0.05, 0) is 5.56 Å². The van der Waals surface area contributed by atoms with Gasteiger partial charge in [0.2, 0.25) is 0 Å². The van der Waals surface area contributed by atoms with E-state index in [-0.39, 0.29) is 5.78 Å². The summed E-state index contributed by atoms with van der Waals surface area (Å²) in [5.74, 6) is -0.0249. The normalized spacial score (nSPS) is 20.7. The zero-order valence-electron chi connectivity index (χ0n) is 5.78. The molecule has 1 unspecified atom stereocenters. The van der Waals surface area contributed by atoms with Crippen LogP contribution < -0.4 is 0 Å². The Kier molecular flexibility index (Phi) is 1.33. The van der Waals surface area contributed by atoms with Crippen LogP contribution in [0.1, 0.15) is 22.0 Å². The van der Waals surface area contributed by atoms with Crippen LogP contribution in [-0.2, 0) is 4.65 Å². The van der Waals surface area contributed by atoms with Gasteiger partial charge in [0.05, 0.1) is 0 Å². The van der Waals surface area contributed by atoms with Crippen molar-refractivity contribution in [1.82, 2.24) is 0 Å². The molecular formula is C8H5BO2. The van der Waals surface area contributed by atoms with Gasteiger partial charge >= 0.3 is 0 Å². The van der Waals surface area contributed by atoms with E-state index in [2.05, 4.69) is 4.65 Å². The summed E-state index contributed by atoms with van der Waals surface area (Å²) in [7, 11) is 4.92. The van der Waals surface area contributed by atoms with Gasteiger partial charge in [-0.15, -0.1) is 0 Å². The molecule has 1 atom stereocenters. The standard InChI is InChI=1S/C8H5BO2/c9-11-8-6-4-2-1-3-5(6)7(8)10/h1-4,8H. The summed E-state index contributed by atoms with van der Waals surface area (Å²) >= 11 is 0. The maximum atomic E-state index is 11.1. The van der Waals surface area contributed by atoms with E-state index >= 15 is 0 Å². The van der Waals surface area contributed by atoms with Crippen LogP contribution in [0.2, 0.25) is 0 Å². The molecule has 11 heavy (non-hydrogen) atoms. The molecule has 0 heterocycles. The predicted octanol–water partition coefficient (Wildman–Crippen LogP) is 1.02. The van der Waals surface area contributed by atoms with Crippen LogP contribution in [0.3, 0.4) is 0 Å². The number of benzene rings is 1. The third kappa shape index (κ3) is 0.745. The van der Waals surface area contributed by atoms with Crippen molar-refractivity contribution < 1.29 is 9.45 Å². The lowest BCUT2D eigenvalue weighted by molar-refractivity contribution is 0.0744. The highest BCUT2D eigenvalue weighted by Gasteiger charge is 2.34. The lowest BCUT2D eigenvalue weighted by Crippen LogP contribution is -2.27. The number of hydrogen-bond acceptors (Lipinski definition) is 2. The topological polar surface area (TPSA) is 26.3 Å². The number of Topliss-reactive ketones (excluding diaryl/α,β-unsaturated/α-hetero) is 1. The molecule has 0 saturated heterocycles. The number of carbonyl (C=O) groups is 1. The van der Waals surface area contributed by atoms with Crippen molar-refractivity contribution in [3.05, 3.63) is 35.4 Å². The van der Waals surface area contributed by atoms with Gasteiger partial charge in [-0.25, -0.2) is 0 Å². The Balaban J connectivity index is 2.47. The van der Waals surface area contributed by atoms with Crippen LogP contribution in [0.4, 0.5) is 0 Å². The van der Waals surface area contributed by atoms with Crippen molar-refractivity contribution >= 4 is 13.8 Å². The van der Waals surface area contributed by atoms with Gasteiger partial charge in [0.25, 0.3) is 8.05 Å². The van der Waals surface area contributed by atoms with Gasteiger partial charge < -0.3 is 4.65 Å². The van der Waals surface area contributed by atoms with Crippen LogP contribution in [0.15, 0.2) is 24.3 Å². The summed E-state index contributed by atoms with van der Waals surface area (Å²) < 4.78 is 4.48. The van der Waals surface area contributed by atoms with Gasteiger partial charge in [0.1, 0.15) is 6.10 Å². The molecule has 0 aromatic heterocycles. The van der Waals surface area contributed by atoms with E-state index in [4.69, 9.17) is 8.05 Å². The van der Waals surface area contributed by atoms with Crippen molar-refractivity contribution in [3.8, 4) is 0 Å². The second kappa shape index (κ2) is 2.20. The lowest BCUT2D eigenvalue weighted by atomic mass is 9.84. The molecule has 0 spiro atoms. The first kappa shape index (κ1) is 6.61. The Morgan fingerprint density at radius 3 is 2.82 bits per heavy atom. The van der Waals surface area contributed by atoms with Gasteiger partial charge in [-0.2, -0.15) is 0 Å². The first-order chi connectivity index (χ1) is 5.34. The maximum Gasteiger partial charge on any atom is 0.284 e. The Hall–Kier alpha value is -1.09. The quantitative estimate of drug-likeness (QED) is 0.550. The van der Waals surface area contributed by atoms with E-state index in [0.29, 0.717) is 0 Å². The molecule has 1 aromatic carbocycles. The molecule has 0 saturated carbocycles. The van der Waals surface area contributed by atoms with E-state index < -0.39 is 6.10 Å². The van der Waals surface area contributed by atoms with E-state index in [1.54, 1.807) is 6.07 Å². The van der Waals surface area contributed by atoms with Crippen LogP contribution in [0, 0.1) is 0 Å². The zero-order chi connectivity index (χ0) is 7.84. The van der Waals surface area contributed by atoms with E-state index in [1.165, 1.54) is 0 Å². The van der Waals surface area contributed by atoms with Gasteiger partial charge in [0.15, 0.2) is 5.78 Å². The fourth-order valence-corrected chi connectivity index (χ4v) is 1.29. The minimum Gasteiger partial charge on any atom is -0.435 e. The number of hydrogen-bond donors (Lipinski definition) is 0. The molecule has 2 rings (SSSR count). The highest BCUT2D eigenvalue weighted by atomic mass is 16.4. The fourth-order valence-electron chi connectivity index (χ4n) is 1.29. The van der Waals surface area contributed by atoms with Gasteiger partial charge in [-0.1, -0.05) is 24.3 Å². The van der Waals surface area contributed by atoms with Crippen molar-refractivity contribution in [3.63, 3.8) is 0 Å². The average Bonchev–Trinajstić information content (AvgIpc) is 2.05. The Morgan fingerprint density at radius 1 is 1.36 bits per heavy atom. The highest BCUT2D eigenvalue weighted by Crippen LogP contribution is 2.34. The van der Waals surface area contributed by atoms with Gasteiger partial charge in [0, 0.05) is 5.56 Å². The van der Waals surface area contributed by atoms with Crippen LogP contribution in [-0.4, -0.2) is 13.8 Å². The summed E-state index contributed by atoms with van der Waals surface area (Å²) in [5, 5.41) is 0. The number of fused-ring (bicyclic) bond motifs is 1. The Labute approximate surface area is 65.6 Å². The molecule has 3 heteroatoms. The highest BCUT2D eigenvalue weighted by molar-refractivity contribution is 6.12. The molecule has 2 nitrogen and oxygen atoms in total. The molecule has 0 N–H and O–H groups in total. The third-order valence-corrected chi connectivity index (χ3v) is 1.88. The van der Waals surface area contributed by atoms with Gasteiger partial charge in [-0.3, -0.25) is 4.79 Å². The fraction of sp³-hybridized carbons (Fsp3) is 0.125. The van der Waals surface area contributed by atoms with Crippen molar-refractivity contribution in [2.45, 2.75) is 6.10 Å². The molecule has 0 aliphatic heterocycles. The summed E-state index contributed by atoms with van der Waals surface area (Å²) in [6.07, 6.45) is -0.522. The first-order valence-corrected chi connectivity index (χ1v) is 3.33. The van der Waals surface area contributed by atoms with Crippen LogP contribution >= 0.6 is 0 Å². The zero-order valence-corrected chi connectivity index (χ0v) is 5.78. The molecule has 52 valence electrons. The summed E-state index contributed by atoms with van der Waals surface area (Å²) in [4.78, 5) is 11.1. The second-order valence-electron chi connectivity index (χ2n) is 2.47. The van der Waals surface area contributed by atoms with Crippen molar-refractivity contribution in [2.24, 2.45) is 0 Å². The minimum absolute atomic E-state index is 0.0249. The van der Waals surface area contributed by atoms with E-state index in [1.807, 2.05) is 18.2 Å². The van der Waals surface area contributed by atoms with E-state index in [0.717, 1.165) is 11.1 Å². The average molecular weight is 144 g/mol. The molecule has 1 aliphatic carbocycles. The third-order valence-electron chi connectivity index (χ3n) is 1.88. The smallest absolute Gasteiger partial charge is 0.284 e. The summed E-state index contributed by atoms with van der Waals surface area (Å²) in [5.41, 5.74) is 1.61. The SMILES string of the molecule is [B]OC1C(=O)c2ccccc21. The van der Waals surface area contributed by atoms with Crippen LogP contribution in [0.5, 0.6) is 0 Å². The number of rotatable bonds is 1. The van der Waals surface area contributed by atoms with Crippen molar-refractivity contribution in [1.29, 1.82) is 0 Å². The molecule has 0 bridgehead atoms. The molecule has 1 aliphatic rings. The van der Waals surface area contributed by atoms with Crippen molar-refractivity contribution in [2.75, 3.05) is 0 Å².